The van der Waals surface area contributed by atoms with E-state index in [2.05, 4.69) is 0 Å². The molecule has 0 aromatic heterocycles. The van der Waals surface area contributed by atoms with Crippen LogP contribution < -0.4 is 0 Å². The molecule has 0 aromatic carbocycles. The third-order valence-electron chi connectivity index (χ3n) is 8.60. The minimum absolute atomic E-state index is 0.0266. The molecule has 2 heterocycles. The summed E-state index contributed by atoms with van der Waals surface area (Å²) in [5.74, 6) is -1.29. The second-order valence-corrected chi connectivity index (χ2v) is 12.1. The van der Waals surface area contributed by atoms with Crippen LogP contribution in [0.3, 0.4) is 0 Å². The normalized spacial score (nSPS) is 35.2. The van der Waals surface area contributed by atoms with Crippen LogP contribution in [0.5, 0.6) is 0 Å². The first-order valence-corrected chi connectivity index (χ1v) is 12.8. The number of alkyl halides is 3. The average molecular weight is 521 g/mol. The Balaban J connectivity index is 0.000000201. The molecular formula is C26H39F3O7. The van der Waals surface area contributed by atoms with E-state index in [1.54, 1.807) is 13.8 Å². The van der Waals surface area contributed by atoms with Gasteiger partial charge in [-0.3, -0.25) is 14.4 Å². The Morgan fingerprint density at radius 1 is 1.03 bits per heavy atom. The van der Waals surface area contributed by atoms with E-state index in [0.29, 0.717) is 25.2 Å². The predicted molar refractivity (Wildman–Crippen MR) is 122 cm³/mol. The Morgan fingerprint density at radius 2 is 1.61 bits per heavy atom. The van der Waals surface area contributed by atoms with E-state index in [0.717, 1.165) is 19.8 Å². The van der Waals surface area contributed by atoms with Gasteiger partial charge in [0, 0.05) is 12.8 Å². The molecule has 2 bridgehead atoms. The first-order chi connectivity index (χ1) is 16.4. The summed E-state index contributed by atoms with van der Waals surface area (Å²) in [6, 6.07) is 0. The standard InChI is InChI=1S/C14H20O4.C12H19F3O3/c1-4-13(2,3)12(16)18-14-7-8-5-9(10(14)6-8)11(15)17-14;1-5-10(2,3)9(16)17-8-6-7-11(4,18-8)12(13,14)15/h8-10H,4-7H2,1-3H3;8H,5-7H2,1-4H3. The molecule has 2 saturated carbocycles. The molecule has 0 amide bonds. The second kappa shape index (κ2) is 9.48. The molecule has 206 valence electrons. The molecule has 4 fully saturated rings. The molecule has 0 N–H and O–H groups in total. The van der Waals surface area contributed by atoms with Gasteiger partial charge >= 0.3 is 24.1 Å². The lowest BCUT2D eigenvalue weighted by atomic mass is 9.86. The summed E-state index contributed by atoms with van der Waals surface area (Å²) in [6.07, 6.45) is -1.82. The highest BCUT2D eigenvalue weighted by atomic mass is 19.4. The van der Waals surface area contributed by atoms with Gasteiger partial charge in [-0.15, -0.1) is 0 Å². The Hall–Kier alpha value is -1.84. The lowest BCUT2D eigenvalue weighted by Crippen LogP contribution is -2.43. The van der Waals surface area contributed by atoms with Gasteiger partial charge in [-0.2, -0.15) is 13.2 Å². The first kappa shape index (κ1) is 28.7. The third-order valence-corrected chi connectivity index (χ3v) is 8.60. The van der Waals surface area contributed by atoms with Crippen molar-refractivity contribution in [2.45, 2.75) is 117 Å². The van der Waals surface area contributed by atoms with E-state index >= 15 is 0 Å². The zero-order valence-electron chi connectivity index (χ0n) is 22.3. The number of carbonyl (C=O) groups is 3. The van der Waals surface area contributed by atoms with Gasteiger partial charge in [0.05, 0.1) is 22.7 Å². The fourth-order valence-corrected chi connectivity index (χ4v) is 5.07. The highest BCUT2D eigenvalue weighted by Gasteiger charge is 2.68. The monoisotopic (exact) mass is 520 g/mol. The average Bonchev–Trinajstić information content (AvgIpc) is 3.49. The quantitative estimate of drug-likeness (QED) is 0.416. The number of hydrogen-bond acceptors (Lipinski definition) is 7. The summed E-state index contributed by atoms with van der Waals surface area (Å²) in [5, 5.41) is 0. The Bertz CT molecular complexity index is 883. The molecule has 0 spiro atoms. The van der Waals surface area contributed by atoms with Gasteiger partial charge in [0.15, 0.2) is 5.60 Å². The predicted octanol–water partition coefficient (Wildman–Crippen LogP) is 5.69. The van der Waals surface area contributed by atoms with Crippen LogP contribution in [0.2, 0.25) is 0 Å². The molecule has 4 aliphatic rings. The highest BCUT2D eigenvalue weighted by molar-refractivity contribution is 5.80. The Kier molecular flexibility index (Phi) is 7.56. The van der Waals surface area contributed by atoms with Crippen LogP contribution in [0.25, 0.3) is 0 Å². The van der Waals surface area contributed by atoms with Crippen molar-refractivity contribution in [2.24, 2.45) is 28.6 Å². The third kappa shape index (κ3) is 5.24. The van der Waals surface area contributed by atoms with Crippen molar-refractivity contribution in [3.63, 3.8) is 0 Å². The molecule has 2 saturated heterocycles. The van der Waals surface area contributed by atoms with Gasteiger partial charge in [0.2, 0.25) is 6.29 Å². The minimum atomic E-state index is -4.45. The SMILES string of the molecule is CCC(C)(C)C(=O)OC12CC3CC(C(=O)O1)C2C3.CCC(C)(C)C(=O)OC1CCC(C)(C(F)(F)F)O1. The Labute approximate surface area is 210 Å². The minimum Gasteiger partial charge on any atom is -0.435 e. The summed E-state index contributed by atoms with van der Waals surface area (Å²) in [4.78, 5) is 35.7. The maximum atomic E-state index is 12.7. The van der Waals surface area contributed by atoms with Crippen molar-refractivity contribution in [3.05, 3.63) is 0 Å². The van der Waals surface area contributed by atoms with Crippen molar-refractivity contribution in [2.75, 3.05) is 0 Å². The number of esters is 3. The summed E-state index contributed by atoms with van der Waals surface area (Å²) >= 11 is 0. The number of ether oxygens (including phenoxy) is 4. The van der Waals surface area contributed by atoms with E-state index in [9.17, 15) is 27.6 Å². The molecule has 36 heavy (non-hydrogen) atoms. The van der Waals surface area contributed by atoms with Crippen LogP contribution >= 0.6 is 0 Å². The second-order valence-electron chi connectivity index (χ2n) is 12.1. The molecule has 7 nitrogen and oxygen atoms in total. The van der Waals surface area contributed by atoms with Gasteiger partial charge < -0.3 is 18.9 Å². The van der Waals surface area contributed by atoms with Crippen LogP contribution in [0.15, 0.2) is 0 Å². The number of halogens is 3. The number of hydrogen-bond donors (Lipinski definition) is 0. The Morgan fingerprint density at radius 3 is 2.11 bits per heavy atom. The molecule has 4 rings (SSSR count). The van der Waals surface area contributed by atoms with Gasteiger partial charge in [0.25, 0.3) is 5.79 Å². The summed E-state index contributed by atoms with van der Waals surface area (Å²) < 4.78 is 59.0. The van der Waals surface area contributed by atoms with E-state index < -0.39 is 40.7 Å². The summed E-state index contributed by atoms with van der Waals surface area (Å²) in [5.41, 5.74) is -3.43. The van der Waals surface area contributed by atoms with Crippen LogP contribution in [-0.4, -0.2) is 41.8 Å². The highest BCUT2D eigenvalue weighted by Crippen LogP contribution is 2.61. The number of rotatable bonds is 6. The van der Waals surface area contributed by atoms with Crippen molar-refractivity contribution < 1.29 is 46.5 Å². The van der Waals surface area contributed by atoms with E-state index in [4.69, 9.17) is 18.9 Å². The lowest BCUT2D eigenvalue weighted by molar-refractivity contribution is -0.287. The molecule has 0 aromatic rings. The van der Waals surface area contributed by atoms with Gasteiger partial charge in [-0.05, 0) is 72.6 Å². The maximum Gasteiger partial charge on any atom is 0.417 e. The first-order valence-electron chi connectivity index (χ1n) is 12.8. The smallest absolute Gasteiger partial charge is 0.417 e. The molecular weight excluding hydrogens is 481 g/mol. The van der Waals surface area contributed by atoms with Crippen molar-refractivity contribution in [3.8, 4) is 0 Å². The van der Waals surface area contributed by atoms with E-state index in [1.165, 1.54) is 0 Å². The number of carbonyl (C=O) groups excluding carboxylic acids is 3. The topological polar surface area (TPSA) is 88.1 Å². The molecule has 6 unspecified atom stereocenters. The largest absolute Gasteiger partial charge is 0.435 e. The van der Waals surface area contributed by atoms with Gasteiger partial charge in [-0.25, -0.2) is 0 Å². The van der Waals surface area contributed by atoms with Crippen molar-refractivity contribution >= 4 is 17.9 Å². The summed E-state index contributed by atoms with van der Waals surface area (Å²) in [7, 11) is 0. The maximum absolute atomic E-state index is 12.7. The zero-order chi connectivity index (χ0) is 27.3. The molecule has 10 heteroatoms. The number of fused-ring (bicyclic) bond motifs is 1. The zero-order valence-corrected chi connectivity index (χ0v) is 22.3. The van der Waals surface area contributed by atoms with Crippen molar-refractivity contribution in [1.82, 2.24) is 0 Å². The fourth-order valence-electron chi connectivity index (χ4n) is 5.07. The van der Waals surface area contributed by atoms with Crippen LogP contribution in [0.1, 0.15) is 93.4 Å². The van der Waals surface area contributed by atoms with Crippen LogP contribution in [0, 0.1) is 28.6 Å². The van der Waals surface area contributed by atoms with Crippen LogP contribution in [-0.2, 0) is 33.3 Å². The fraction of sp³-hybridized carbons (Fsp3) is 0.885. The molecule has 2 aliphatic heterocycles. The van der Waals surface area contributed by atoms with E-state index in [1.807, 2.05) is 27.7 Å². The molecule has 2 aliphatic carbocycles. The van der Waals surface area contributed by atoms with Crippen molar-refractivity contribution in [1.29, 1.82) is 0 Å². The van der Waals surface area contributed by atoms with Crippen LogP contribution in [0.4, 0.5) is 13.2 Å². The van der Waals surface area contributed by atoms with Gasteiger partial charge in [-0.1, -0.05) is 13.8 Å². The van der Waals surface area contributed by atoms with E-state index in [-0.39, 0.29) is 36.6 Å². The van der Waals surface area contributed by atoms with Gasteiger partial charge in [0.1, 0.15) is 0 Å². The molecule has 0 radical (unpaired) electrons. The molecule has 6 atom stereocenters. The summed E-state index contributed by atoms with van der Waals surface area (Å²) in [6.45, 7) is 11.9. The lowest BCUT2D eigenvalue weighted by Gasteiger charge is -2.33.